The minimum absolute atomic E-state index is 0.146. The summed E-state index contributed by atoms with van der Waals surface area (Å²) in [5, 5.41) is 4.52. The molecule has 0 bridgehead atoms. The second-order valence-electron chi connectivity index (χ2n) is 10.3. The van der Waals surface area contributed by atoms with E-state index in [1.807, 2.05) is 0 Å². The van der Waals surface area contributed by atoms with Crippen LogP contribution in [0.4, 0.5) is 23.2 Å². The van der Waals surface area contributed by atoms with Crippen molar-refractivity contribution < 1.29 is 31.9 Å². The molecule has 42 heavy (non-hydrogen) atoms. The van der Waals surface area contributed by atoms with Crippen LogP contribution in [0.2, 0.25) is 0 Å². The van der Waals surface area contributed by atoms with Gasteiger partial charge in [-0.3, -0.25) is 14.6 Å². The fourth-order valence-corrected chi connectivity index (χ4v) is 5.55. The summed E-state index contributed by atoms with van der Waals surface area (Å²) in [6.45, 7) is 2.35. The quantitative estimate of drug-likeness (QED) is 0.293. The molecule has 216 valence electrons. The molecule has 2 aliphatic heterocycles. The number of rotatable bonds is 5. The number of likely N-dealkylation sites (tertiary alicyclic amines) is 1. The van der Waals surface area contributed by atoms with E-state index in [4.69, 9.17) is 0 Å². The number of aromatic nitrogens is 3. The zero-order valence-electron chi connectivity index (χ0n) is 22.4. The Kier molecular flexibility index (Phi) is 6.91. The Morgan fingerprint density at radius 2 is 1.79 bits per heavy atom. The standard InChI is InChI=1S/C30H25F4N5O3/c1-18-4-5-19-15-26(40)38(28(19)27(18)31)21-10-13-37(14-11-21)29(41)24-16-25(20-3-2-12-35-17-20)39(36-24)22-6-8-23(9-7-22)42-30(32,33)34/h2-9,12,16-17,21H,10-11,13-15H2,1H3. The van der Waals surface area contributed by atoms with Crippen molar-refractivity contribution in [1.29, 1.82) is 0 Å². The van der Waals surface area contributed by atoms with E-state index in [0.29, 0.717) is 59.7 Å². The first-order valence-electron chi connectivity index (χ1n) is 13.3. The summed E-state index contributed by atoms with van der Waals surface area (Å²) in [6.07, 6.45) is -0.522. The third kappa shape index (κ3) is 5.19. The summed E-state index contributed by atoms with van der Waals surface area (Å²) in [6, 6.07) is 13.5. The highest BCUT2D eigenvalue weighted by molar-refractivity contribution is 6.02. The smallest absolute Gasteiger partial charge is 0.406 e. The zero-order valence-corrected chi connectivity index (χ0v) is 22.4. The lowest BCUT2D eigenvalue weighted by molar-refractivity contribution is -0.274. The first kappa shape index (κ1) is 27.4. The second-order valence-corrected chi connectivity index (χ2v) is 10.3. The molecule has 0 saturated carbocycles. The van der Waals surface area contributed by atoms with Gasteiger partial charge in [-0.05, 0) is 73.4 Å². The van der Waals surface area contributed by atoms with Crippen molar-refractivity contribution >= 4 is 17.5 Å². The lowest BCUT2D eigenvalue weighted by Gasteiger charge is -2.37. The van der Waals surface area contributed by atoms with Gasteiger partial charge in [0.05, 0.1) is 23.5 Å². The Bertz CT molecular complexity index is 1650. The van der Waals surface area contributed by atoms with Crippen LogP contribution in [0.25, 0.3) is 16.9 Å². The van der Waals surface area contributed by atoms with E-state index in [-0.39, 0.29) is 41.5 Å². The van der Waals surface area contributed by atoms with Gasteiger partial charge in [-0.1, -0.05) is 12.1 Å². The van der Waals surface area contributed by atoms with Gasteiger partial charge < -0.3 is 14.5 Å². The van der Waals surface area contributed by atoms with Crippen LogP contribution in [0.15, 0.2) is 67.0 Å². The Hall–Kier alpha value is -4.74. The summed E-state index contributed by atoms with van der Waals surface area (Å²) in [5.41, 5.74) is 3.24. The molecule has 6 rings (SSSR count). The number of amides is 2. The van der Waals surface area contributed by atoms with E-state index < -0.39 is 6.36 Å². The van der Waals surface area contributed by atoms with Gasteiger partial charge in [-0.2, -0.15) is 5.10 Å². The molecule has 2 aromatic heterocycles. The third-order valence-electron chi connectivity index (χ3n) is 7.56. The summed E-state index contributed by atoms with van der Waals surface area (Å²) < 4.78 is 58.3. The molecular weight excluding hydrogens is 554 g/mol. The van der Waals surface area contributed by atoms with E-state index >= 15 is 0 Å². The van der Waals surface area contributed by atoms with Crippen LogP contribution < -0.4 is 9.64 Å². The minimum Gasteiger partial charge on any atom is -0.406 e. The van der Waals surface area contributed by atoms with Gasteiger partial charge in [-0.25, -0.2) is 9.07 Å². The third-order valence-corrected chi connectivity index (χ3v) is 7.56. The van der Waals surface area contributed by atoms with E-state index in [1.165, 1.54) is 28.9 Å². The van der Waals surface area contributed by atoms with E-state index in [0.717, 1.165) is 0 Å². The van der Waals surface area contributed by atoms with Crippen LogP contribution in [-0.4, -0.2) is 57.0 Å². The van der Waals surface area contributed by atoms with Crippen LogP contribution in [-0.2, 0) is 11.2 Å². The molecule has 0 spiro atoms. The van der Waals surface area contributed by atoms with Gasteiger partial charge in [0.1, 0.15) is 11.6 Å². The van der Waals surface area contributed by atoms with Crippen molar-refractivity contribution in [3.8, 4) is 22.7 Å². The predicted molar refractivity (Wildman–Crippen MR) is 145 cm³/mol. The van der Waals surface area contributed by atoms with Crippen molar-refractivity contribution in [3.05, 3.63) is 89.6 Å². The lowest BCUT2D eigenvalue weighted by atomic mass is 10.0. The van der Waals surface area contributed by atoms with Gasteiger partial charge in [0.2, 0.25) is 5.91 Å². The number of alkyl halides is 3. The normalized spacial score (nSPS) is 15.7. The highest BCUT2D eigenvalue weighted by Crippen LogP contribution is 2.37. The van der Waals surface area contributed by atoms with Gasteiger partial charge in [0.15, 0.2) is 5.69 Å². The number of aryl methyl sites for hydroxylation is 1. The number of carbonyl (C=O) groups excluding carboxylic acids is 2. The number of piperidine rings is 1. The van der Waals surface area contributed by atoms with Gasteiger partial charge in [-0.15, -0.1) is 13.2 Å². The van der Waals surface area contributed by atoms with Crippen molar-refractivity contribution in [2.24, 2.45) is 0 Å². The van der Waals surface area contributed by atoms with E-state index in [2.05, 4.69) is 14.8 Å². The number of hydrogen-bond acceptors (Lipinski definition) is 5. The number of anilines is 1. The monoisotopic (exact) mass is 579 g/mol. The number of halogens is 4. The topological polar surface area (TPSA) is 80.6 Å². The maximum absolute atomic E-state index is 15.0. The second kappa shape index (κ2) is 10.6. The van der Waals surface area contributed by atoms with Crippen LogP contribution in [0.1, 0.15) is 34.5 Å². The first-order chi connectivity index (χ1) is 20.1. The summed E-state index contributed by atoms with van der Waals surface area (Å²) in [7, 11) is 0. The highest BCUT2D eigenvalue weighted by Gasteiger charge is 2.38. The summed E-state index contributed by atoms with van der Waals surface area (Å²) >= 11 is 0. The number of fused-ring (bicyclic) bond motifs is 1. The molecule has 1 fully saturated rings. The highest BCUT2D eigenvalue weighted by atomic mass is 19.4. The number of pyridine rings is 1. The molecule has 1 saturated heterocycles. The van der Waals surface area contributed by atoms with Crippen molar-refractivity contribution in [2.45, 2.75) is 38.6 Å². The van der Waals surface area contributed by atoms with Crippen LogP contribution in [0.5, 0.6) is 5.75 Å². The molecule has 0 atom stereocenters. The van der Waals surface area contributed by atoms with Crippen molar-refractivity contribution in [3.63, 3.8) is 0 Å². The summed E-state index contributed by atoms with van der Waals surface area (Å²) in [4.78, 5) is 33.7. The predicted octanol–water partition coefficient (Wildman–Crippen LogP) is 5.47. The average Bonchev–Trinajstić information content (AvgIpc) is 3.57. The molecule has 2 amide bonds. The number of carbonyl (C=O) groups is 2. The summed E-state index contributed by atoms with van der Waals surface area (Å²) in [5.74, 6) is -1.24. The van der Waals surface area contributed by atoms with Crippen molar-refractivity contribution in [1.82, 2.24) is 19.7 Å². The van der Waals surface area contributed by atoms with Crippen LogP contribution in [0.3, 0.4) is 0 Å². The lowest BCUT2D eigenvalue weighted by Crippen LogP contribution is -2.48. The molecule has 2 aliphatic rings. The molecule has 0 aliphatic carbocycles. The largest absolute Gasteiger partial charge is 0.573 e. The van der Waals surface area contributed by atoms with E-state index in [1.54, 1.807) is 59.4 Å². The number of hydrogen-bond donors (Lipinski definition) is 0. The number of ether oxygens (including phenoxy) is 1. The maximum Gasteiger partial charge on any atom is 0.573 e. The Morgan fingerprint density at radius 3 is 2.45 bits per heavy atom. The number of benzene rings is 2. The molecule has 4 aromatic rings. The zero-order chi connectivity index (χ0) is 29.6. The average molecular weight is 580 g/mol. The molecule has 8 nitrogen and oxygen atoms in total. The van der Waals surface area contributed by atoms with Crippen LogP contribution in [0, 0.1) is 12.7 Å². The van der Waals surface area contributed by atoms with Crippen molar-refractivity contribution in [2.75, 3.05) is 18.0 Å². The van der Waals surface area contributed by atoms with Gasteiger partial charge >= 0.3 is 6.36 Å². The maximum atomic E-state index is 15.0. The molecular formula is C30H25F4N5O3. The van der Waals surface area contributed by atoms with E-state index in [9.17, 15) is 27.2 Å². The molecule has 12 heteroatoms. The number of nitrogens with zero attached hydrogens (tertiary/aromatic N) is 5. The molecule has 4 heterocycles. The molecule has 0 N–H and O–H groups in total. The Morgan fingerprint density at radius 1 is 1.05 bits per heavy atom. The minimum atomic E-state index is -4.82. The fraction of sp³-hybridized carbons (Fsp3) is 0.267. The molecule has 2 aromatic carbocycles. The fourth-order valence-electron chi connectivity index (χ4n) is 5.55. The SMILES string of the molecule is Cc1ccc2c(c1F)N(C1CCN(C(=O)c3cc(-c4cccnc4)n(-c4ccc(OC(F)(F)F)cc4)n3)CC1)C(=O)C2. The van der Waals surface area contributed by atoms with Gasteiger partial charge in [0.25, 0.3) is 5.91 Å². The van der Waals surface area contributed by atoms with Crippen LogP contribution >= 0.6 is 0 Å². The van der Waals surface area contributed by atoms with Gasteiger partial charge in [0, 0.05) is 37.1 Å². The Labute approximate surface area is 238 Å². The Balaban J connectivity index is 1.23. The molecule has 0 unspecified atom stereocenters. The first-order valence-corrected chi connectivity index (χ1v) is 13.3. The molecule has 0 radical (unpaired) electrons.